The largest absolute Gasteiger partial charge is 0.405 e. The molecule has 7 heteroatoms. The van der Waals surface area contributed by atoms with Gasteiger partial charge in [0.1, 0.15) is 6.54 Å². The molecule has 0 aromatic rings. The van der Waals surface area contributed by atoms with Gasteiger partial charge in [0.05, 0.1) is 6.04 Å². The minimum Gasteiger partial charge on any atom is -0.346 e. The molecule has 1 heterocycles. The van der Waals surface area contributed by atoms with Gasteiger partial charge in [-0.05, 0) is 32.4 Å². The number of alkyl halides is 3. The minimum atomic E-state index is -4.36. The van der Waals surface area contributed by atoms with Gasteiger partial charge in [0.15, 0.2) is 0 Å². The fourth-order valence-electron chi connectivity index (χ4n) is 1.78. The summed E-state index contributed by atoms with van der Waals surface area (Å²) in [5.74, 6) is 0.492. The number of thioether (sulfide) groups is 1. The van der Waals surface area contributed by atoms with Crippen molar-refractivity contribution < 1.29 is 18.0 Å². The Balaban J connectivity index is 2.27. The van der Waals surface area contributed by atoms with Gasteiger partial charge < -0.3 is 10.6 Å². The highest BCUT2D eigenvalue weighted by Crippen LogP contribution is 2.36. The van der Waals surface area contributed by atoms with Crippen molar-refractivity contribution in [3.63, 3.8) is 0 Å². The lowest BCUT2D eigenvalue weighted by Crippen LogP contribution is -2.48. The average molecular weight is 284 g/mol. The second-order valence-corrected chi connectivity index (χ2v) is 6.52. The second kappa shape index (κ2) is 6.14. The van der Waals surface area contributed by atoms with Gasteiger partial charge in [-0.2, -0.15) is 24.9 Å². The van der Waals surface area contributed by atoms with Crippen LogP contribution in [0.3, 0.4) is 0 Å². The summed E-state index contributed by atoms with van der Waals surface area (Å²) in [5, 5.41) is 4.88. The summed E-state index contributed by atoms with van der Waals surface area (Å²) in [5.41, 5.74) is 0. The van der Waals surface area contributed by atoms with E-state index in [1.165, 1.54) is 0 Å². The number of hydrogen-bond donors (Lipinski definition) is 2. The van der Waals surface area contributed by atoms with Gasteiger partial charge >= 0.3 is 6.18 Å². The zero-order valence-corrected chi connectivity index (χ0v) is 11.4. The third-order valence-corrected chi connectivity index (χ3v) is 4.48. The molecule has 1 aliphatic rings. The highest BCUT2D eigenvalue weighted by atomic mass is 32.2. The topological polar surface area (TPSA) is 41.1 Å². The molecule has 1 saturated heterocycles. The molecule has 1 amide bonds. The number of halogens is 3. The van der Waals surface area contributed by atoms with Crippen molar-refractivity contribution in [2.24, 2.45) is 0 Å². The van der Waals surface area contributed by atoms with E-state index in [2.05, 4.69) is 12.2 Å². The van der Waals surface area contributed by atoms with Crippen molar-refractivity contribution in [2.75, 3.05) is 18.8 Å². The van der Waals surface area contributed by atoms with Gasteiger partial charge in [-0.3, -0.25) is 4.79 Å². The van der Waals surface area contributed by atoms with E-state index in [0.29, 0.717) is 6.54 Å². The van der Waals surface area contributed by atoms with Gasteiger partial charge in [-0.1, -0.05) is 0 Å². The zero-order chi connectivity index (χ0) is 13.8. The van der Waals surface area contributed by atoms with Crippen LogP contribution in [-0.4, -0.2) is 41.7 Å². The monoisotopic (exact) mass is 284 g/mol. The quantitative estimate of drug-likeness (QED) is 0.810. The third kappa shape index (κ3) is 5.48. The molecule has 3 nitrogen and oxygen atoms in total. The summed E-state index contributed by atoms with van der Waals surface area (Å²) >= 11 is 1.84. The zero-order valence-electron chi connectivity index (χ0n) is 10.6. The van der Waals surface area contributed by atoms with Crippen LogP contribution in [0.1, 0.15) is 26.7 Å². The predicted octanol–water partition coefficient (Wildman–Crippen LogP) is 1.93. The molecule has 18 heavy (non-hydrogen) atoms. The molecule has 0 aromatic heterocycles. The number of hydrogen-bond acceptors (Lipinski definition) is 3. The van der Waals surface area contributed by atoms with Crippen molar-refractivity contribution in [3.05, 3.63) is 0 Å². The number of amides is 1. The maximum atomic E-state index is 11.9. The summed E-state index contributed by atoms with van der Waals surface area (Å²) in [6, 6.07) is -0.606. The molecule has 106 valence electrons. The number of nitrogens with one attached hydrogen (secondary N) is 2. The van der Waals surface area contributed by atoms with Crippen molar-refractivity contribution in [3.8, 4) is 0 Å². The lowest BCUT2D eigenvalue weighted by Gasteiger charge is -2.25. The van der Waals surface area contributed by atoms with E-state index in [1.54, 1.807) is 6.92 Å². The minimum absolute atomic E-state index is 0.0958. The molecule has 1 rings (SSSR count). The predicted molar refractivity (Wildman–Crippen MR) is 66.6 cm³/mol. The lowest BCUT2D eigenvalue weighted by molar-refractivity contribution is -0.139. The molecule has 1 aliphatic heterocycles. The molecule has 2 N–H and O–H groups in total. The van der Waals surface area contributed by atoms with E-state index < -0.39 is 24.7 Å². The Morgan fingerprint density at radius 2 is 2.17 bits per heavy atom. The van der Waals surface area contributed by atoms with Crippen LogP contribution < -0.4 is 10.6 Å². The summed E-state index contributed by atoms with van der Waals surface area (Å²) in [6.07, 6.45) is -2.14. The van der Waals surface area contributed by atoms with Crippen LogP contribution in [0.15, 0.2) is 0 Å². The SMILES string of the molecule is CC(NCC1(C)CCCS1)C(=O)NCC(F)(F)F. The first-order chi connectivity index (χ1) is 8.22. The van der Waals surface area contributed by atoms with Crippen molar-refractivity contribution in [2.45, 2.75) is 43.7 Å². The number of rotatable bonds is 5. The van der Waals surface area contributed by atoms with E-state index in [1.807, 2.05) is 17.1 Å². The van der Waals surface area contributed by atoms with Gasteiger partial charge in [-0.15, -0.1) is 0 Å². The van der Waals surface area contributed by atoms with Crippen molar-refractivity contribution in [1.82, 2.24) is 10.6 Å². The maximum absolute atomic E-state index is 11.9. The van der Waals surface area contributed by atoms with Crippen LogP contribution in [0.5, 0.6) is 0 Å². The van der Waals surface area contributed by atoms with E-state index >= 15 is 0 Å². The molecule has 2 atom stereocenters. The molecule has 0 spiro atoms. The van der Waals surface area contributed by atoms with Crippen molar-refractivity contribution >= 4 is 17.7 Å². The summed E-state index contributed by atoms with van der Waals surface area (Å²) in [4.78, 5) is 11.4. The molecular formula is C11H19F3N2OS. The Kier molecular flexibility index (Phi) is 5.33. The smallest absolute Gasteiger partial charge is 0.346 e. The fourth-order valence-corrected chi connectivity index (χ4v) is 3.03. The average Bonchev–Trinajstić information content (AvgIpc) is 2.69. The van der Waals surface area contributed by atoms with E-state index in [9.17, 15) is 18.0 Å². The first kappa shape index (κ1) is 15.6. The Labute approximate surface area is 109 Å². The van der Waals surface area contributed by atoms with Gasteiger partial charge in [-0.25, -0.2) is 0 Å². The van der Waals surface area contributed by atoms with E-state index in [-0.39, 0.29) is 4.75 Å². The number of carbonyl (C=O) groups is 1. The van der Waals surface area contributed by atoms with Gasteiger partial charge in [0, 0.05) is 11.3 Å². The lowest BCUT2D eigenvalue weighted by atomic mass is 10.1. The van der Waals surface area contributed by atoms with Crippen LogP contribution in [-0.2, 0) is 4.79 Å². The normalized spacial score (nSPS) is 26.1. The second-order valence-electron chi connectivity index (χ2n) is 4.84. The van der Waals surface area contributed by atoms with Gasteiger partial charge in [0.25, 0.3) is 0 Å². The first-order valence-corrected chi connectivity index (χ1v) is 6.92. The molecule has 0 saturated carbocycles. The Hall–Kier alpha value is -0.430. The third-order valence-electron chi connectivity index (χ3n) is 2.94. The Morgan fingerprint density at radius 1 is 1.50 bits per heavy atom. The van der Waals surface area contributed by atoms with Gasteiger partial charge in [0.2, 0.25) is 5.91 Å². The molecule has 0 aromatic carbocycles. The van der Waals surface area contributed by atoms with Crippen LogP contribution in [0, 0.1) is 0 Å². The molecular weight excluding hydrogens is 265 g/mol. The van der Waals surface area contributed by atoms with E-state index in [4.69, 9.17) is 0 Å². The molecule has 2 unspecified atom stereocenters. The summed E-state index contributed by atoms with van der Waals surface area (Å²) in [7, 11) is 0. The summed E-state index contributed by atoms with van der Waals surface area (Å²) in [6.45, 7) is 3.05. The fraction of sp³-hybridized carbons (Fsp3) is 0.909. The number of carbonyl (C=O) groups excluding carboxylic acids is 1. The van der Waals surface area contributed by atoms with Crippen LogP contribution in [0.4, 0.5) is 13.2 Å². The Morgan fingerprint density at radius 3 is 2.67 bits per heavy atom. The standard InChI is InChI=1S/C11H19F3N2OS/c1-8(9(17)16-7-11(12,13)14)15-6-10(2)4-3-5-18-10/h8,15H,3-7H2,1-2H3,(H,16,17). The van der Waals surface area contributed by atoms with E-state index in [0.717, 1.165) is 18.6 Å². The Bertz CT molecular complexity index is 291. The van der Waals surface area contributed by atoms with Crippen molar-refractivity contribution in [1.29, 1.82) is 0 Å². The van der Waals surface area contributed by atoms with Crippen LogP contribution >= 0.6 is 11.8 Å². The van der Waals surface area contributed by atoms with Crippen LogP contribution in [0.2, 0.25) is 0 Å². The molecule has 1 fully saturated rings. The molecule has 0 aliphatic carbocycles. The molecule has 0 bridgehead atoms. The summed E-state index contributed by atoms with van der Waals surface area (Å²) < 4.78 is 35.9. The maximum Gasteiger partial charge on any atom is 0.405 e. The van der Waals surface area contributed by atoms with Crippen LogP contribution in [0.25, 0.3) is 0 Å². The highest BCUT2D eigenvalue weighted by molar-refractivity contribution is 8.00. The highest BCUT2D eigenvalue weighted by Gasteiger charge is 2.31. The first-order valence-electron chi connectivity index (χ1n) is 5.94. The molecule has 0 radical (unpaired) electrons.